The molecule has 1 aliphatic heterocycles. The first-order valence-corrected chi connectivity index (χ1v) is 8.07. The number of benzene rings is 2. The molecule has 2 amide bonds. The van der Waals surface area contributed by atoms with Crippen LogP contribution in [0.3, 0.4) is 0 Å². The number of carbonyl (C=O) groups excluding carboxylic acids is 2. The molecule has 0 bridgehead atoms. The molecule has 0 spiro atoms. The summed E-state index contributed by atoms with van der Waals surface area (Å²) in [5.41, 5.74) is 9.21. The van der Waals surface area contributed by atoms with Crippen molar-refractivity contribution in [3.8, 4) is 0 Å². The smallest absolute Gasteiger partial charge is 0.248 e. The largest absolute Gasteiger partial charge is 0.366 e. The topological polar surface area (TPSA) is 63.4 Å². The van der Waals surface area contributed by atoms with Gasteiger partial charge in [-0.3, -0.25) is 9.59 Å². The minimum Gasteiger partial charge on any atom is -0.366 e. The van der Waals surface area contributed by atoms with Crippen LogP contribution in [0, 0.1) is 0 Å². The highest BCUT2D eigenvalue weighted by Crippen LogP contribution is 2.16. The van der Waals surface area contributed by atoms with Gasteiger partial charge in [0.05, 0.1) is 0 Å². The van der Waals surface area contributed by atoms with Crippen molar-refractivity contribution in [3.05, 3.63) is 76.9 Å². The summed E-state index contributed by atoms with van der Waals surface area (Å²) in [6.45, 7) is 1.47. The normalized spacial score (nSPS) is 14.2. The molecule has 0 aliphatic carbocycles. The standard InChI is InChI=1S/C20H20N2O2/c21-20(24)18-8-5-15(6-9-18)7-10-19(23)22-13-11-16-3-1-2-4-17(16)12-14-22/h1-10H,11-14H2,(H2,21,24). The van der Waals surface area contributed by atoms with E-state index < -0.39 is 5.91 Å². The molecule has 1 heterocycles. The predicted octanol–water partition coefficient (Wildman–Crippen LogP) is 2.43. The number of nitrogens with zero attached hydrogens (tertiary/aromatic N) is 1. The Balaban J connectivity index is 1.64. The molecule has 2 aromatic rings. The van der Waals surface area contributed by atoms with E-state index in [0.29, 0.717) is 5.56 Å². The molecule has 0 radical (unpaired) electrons. The van der Waals surface area contributed by atoms with Crippen molar-refractivity contribution in [3.63, 3.8) is 0 Å². The summed E-state index contributed by atoms with van der Waals surface area (Å²) in [6, 6.07) is 15.3. The molecule has 4 nitrogen and oxygen atoms in total. The van der Waals surface area contributed by atoms with Gasteiger partial charge in [0.2, 0.25) is 11.8 Å². The second kappa shape index (κ2) is 7.13. The van der Waals surface area contributed by atoms with Gasteiger partial charge in [0.1, 0.15) is 0 Å². The lowest BCUT2D eigenvalue weighted by Gasteiger charge is -2.18. The maximum atomic E-state index is 12.4. The van der Waals surface area contributed by atoms with E-state index in [1.807, 2.05) is 17.0 Å². The molecule has 0 fully saturated rings. The first kappa shape index (κ1) is 16.0. The number of hydrogen-bond donors (Lipinski definition) is 1. The number of rotatable bonds is 3. The monoisotopic (exact) mass is 320 g/mol. The molecule has 1 aliphatic rings. The number of amides is 2. The van der Waals surface area contributed by atoms with Crippen LogP contribution < -0.4 is 5.73 Å². The summed E-state index contributed by atoms with van der Waals surface area (Å²) in [6.07, 6.45) is 5.15. The first-order chi connectivity index (χ1) is 11.6. The van der Waals surface area contributed by atoms with Crippen LogP contribution in [0.1, 0.15) is 27.0 Å². The van der Waals surface area contributed by atoms with E-state index in [-0.39, 0.29) is 5.91 Å². The maximum Gasteiger partial charge on any atom is 0.248 e. The molecule has 2 N–H and O–H groups in total. The molecule has 24 heavy (non-hydrogen) atoms. The van der Waals surface area contributed by atoms with E-state index in [4.69, 9.17) is 5.73 Å². The Morgan fingerprint density at radius 3 is 2.04 bits per heavy atom. The zero-order valence-corrected chi connectivity index (χ0v) is 13.4. The van der Waals surface area contributed by atoms with Crippen molar-refractivity contribution >= 4 is 17.9 Å². The van der Waals surface area contributed by atoms with E-state index in [1.165, 1.54) is 11.1 Å². The number of nitrogens with two attached hydrogens (primary N) is 1. The van der Waals surface area contributed by atoms with Gasteiger partial charge in [-0.15, -0.1) is 0 Å². The Morgan fingerprint density at radius 1 is 0.917 bits per heavy atom. The quantitative estimate of drug-likeness (QED) is 0.883. The van der Waals surface area contributed by atoms with Crippen molar-refractivity contribution in [2.45, 2.75) is 12.8 Å². The van der Waals surface area contributed by atoms with Crippen LogP contribution in [0.25, 0.3) is 6.08 Å². The molecule has 2 aromatic carbocycles. The molecule has 0 aromatic heterocycles. The van der Waals surface area contributed by atoms with Crippen molar-refractivity contribution in [1.82, 2.24) is 4.90 Å². The van der Waals surface area contributed by atoms with Crippen molar-refractivity contribution in [2.75, 3.05) is 13.1 Å². The Kier molecular flexibility index (Phi) is 4.75. The first-order valence-electron chi connectivity index (χ1n) is 8.07. The molecule has 122 valence electrons. The van der Waals surface area contributed by atoms with Gasteiger partial charge >= 0.3 is 0 Å². The van der Waals surface area contributed by atoms with E-state index in [1.54, 1.807) is 36.4 Å². The Bertz CT molecular complexity index is 751. The van der Waals surface area contributed by atoms with E-state index >= 15 is 0 Å². The zero-order chi connectivity index (χ0) is 16.9. The summed E-state index contributed by atoms with van der Waals surface area (Å²) >= 11 is 0. The molecule has 0 atom stereocenters. The van der Waals surface area contributed by atoms with Gasteiger partial charge in [-0.2, -0.15) is 0 Å². The van der Waals surface area contributed by atoms with Crippen molar-refractivity contribution < 1.29 is 9.59 Å². The van der Waals surface area contributed by atoms with E-state index in [2.05, 4.69) is 12.1 Å². The second-order valence-electron chi connectivity index (χ2n) is 5.91. The summed E-state index contributed by atoms with van der Waals surface area (Å²) < 4.78 is 0. The summed E-state index contributed by atoms with van der Waals surface area (Å²) in [7, 11) is 0. The van der Waals surface area contributed by atoms with Gasteiger partial charge in [0.25, 0.3) is 0 Å². The highest BCUT2D eigenvalue weighted by molar-refractivity contribution is 5.94. The van der Waals surface area contributed by atoms with Gasteiger partial charge in [-0.05, 0) is 47.7 Å². The molecule has 3 rings (SSSR count). The molecule has 4 heteroatoms. The summed E-state index contributed by atoms with van der Waals surface area (Å²) in [4.78, 5) is 25.4. The number of primary amides is 1. The van der Waals surface area contributed by atoms with Crippen molar-refractivity contribution in [1.29, 1.82) is 0 Å². The minimum absolute atomic E-state index is 0.0155. The molecular weight excluding hydrogens is 300 g/mol. The number of hydrogen-bond acceptors (Lipinski definition) is 2. The van der Waals surface area contributed by atoms with Crippen LogP contribution in [-0.2, 0) is 17.6 Å². The summed E-state index contributed by atoms with van der Waals surface area (Å²) in [5, 5.41) is 0. The third-order valence-electron chi connectivity index (χ3n) is 4.35. The average molecular weight is 320 g/mol. The van der Waals surface area contributed by atoms with Gasteiger partial charge in [0, 0.05) is 24.7 Å². The van der Waals surface area contributed by atoms with E-state index in [0.717, 1.165) is 31.5 Å². The fourth-order valence-corrected chi connectivity index (χ4v) is 2.92. The Morgan fingerprint density at radius 2 is 1.50 bits per heavy atom. The Labute approximate surface area is 141 Å². The highest BCUT2D eigenvalue weighted by Gasteiger charge is 2.16. The lowest BCUT2D eigenvalue weighted by molar-refractivity contribution is -0.125. The molecular formula is C20H20N2O2. The van der Waals surface area contributed by atoms with Gasteiger partial charge in [0.15, 0.2) is 0 Å². The highest BCUT2D eigenvalue weighted by atomic mass is 16.2. The fraction of sp³-hybridized carbons (Fsp3) is 0.200. The lowest BCUT2D eigenvalue weighted by atomic mass is 10.0. The number of fused-ring (bicyclic) bond motifs is 1. The van der Waals surface area contributed by atoms with Crippen LogP contribution in [0.15, 0.2) is 54.6 Å². The van der Waals surface area contributed by atoms with Crippen LogP contribution in [0.4, 0.5) is 0 Å². The van der Waals surface area contributed by atoms with Gasteiger partial charge in [-0.25, -0.2) is 0 Å². The zero-order valence-electron chi connectivity index (χ0n) is 13.4. The van der Waals surface area contributed by atoms with Gasteiger partial charge < -0.3 is 10.6 Å². The molecule has 0 saturated heterocycles. The third kappa shape index (κ3) is 3.71. The lowest BCUT2D eigenvalue weighted by Crippen LogP contribution is -2.31. The van der Waals surface area contributed by atoms with Crippen LogP contribution in [0.5, 0.6) is 0 Å². The Hall–Kier alpha value is -2.88. The second-order valence-corrected chi connectivity index (χ2v) is 5.91. The predicted molar refractivity (Wildman–Crippen MR) is 94.4 cm³/mol. The fourth-order valence-electron chi connectivity index (χ4n) is 2.92. The number of carbonyl (C=O) groups is 2. The molecule has 0 unspecified atom stereocenters. The van der Waals surface area contributed by atoms with Gasteiger partial charge in [-0.1, -0.05) is 36.4 Å². The van der Waals surface area contributed by atoms with Crippen LogP contribution in [0.2, 0.25) is 0 Å². The van der Waals surface area contributed by atoms with Crippen LogP contribution in [-0.4, -0.2) is 29.8 Å². The average Bonchev–Trinajstić information content (AvgIpc) is 2.83. The van der Waals surface area contributed by atoms with Crippen LogP contribution >= 0.6 is 0 Å². The summed E-state index contributed by atoms with van der Waals surface area (Å²) in [5.74, 6) is -0.437. The third-order valence-corrected chi connectivity index (χ3v) is 4.35. The van der Waals surface area contributed by atoms with Crippen molar-refractivity contribution in [2.24, 2.45) is 5.73 Å². The SMILES string of the molecule is NC(=O)c1ccc(C=CC(=O)N2CCc3ccccc3CC2)cc1. The maximum absolute atomic E-state index is 12.4. The molecule has 0 saturated carbocycles. The minimum atomic E-state index is -0.453. The van der Waals surface area contributed by atoms with E-state index in [9.17, 15) is 9.59 Å².